The minimum atomic E-state index is -3.80. The first-order valence-electron chi connectivity index (χ1n) is 11.6. The second-order valence-corrected chi connectivity index (χ2v) is 10.2. The fourth-order valence-corrected chi connectivity index (χ4v) is 4.53. The fraction of sp³-hybridized carbons (Fsp3) is 0.192. The molecule has 0 saturated heterocycles. The molecule has 1 amide bonds. The lowest BCUT2D eigenvalue weighted by Gasteiger charge is -2.27. The van der Waals surface area contributed by atoms with Gasteiger partial charge in [-0.15, -0.1) is 5.10 Å². The monoisotopic (exact) mass is 519 g/mol. The van der Waals surface area contributed by atoms with Crippen LogP contribution in [-0.4, -0.2) is 48.6 Å². The lowest BCUT2D eigenvalue weighted by Crippen LogP contribution is -2.43. The molecule has 11 heteroatoms. The van der Waals surface area contributed by atoms with Gasteiger partial charge in [-0.25, -0.2) is 18.2 Å². The predicted octanol–water partition coefficient (Wildman–Crippen LogP) is 2.33. The summed E-state index contributed by atoms with van der Waals surface area (Å²) in [6, 6.07) is 22.4. The summed E-state index contributed by atoms with van der Waals surface area (Å²) in [7, 11) is -3.80. The van der Waals surface area contributed by atoms with E-state index in [0.717, 1.165) is 5.56 Å². The van der Waals surface area contributed by atoms with Crippen molar-refractivity contribution in [2.45, 2.75) is 23.5 Å². The third-order valence-corrected chi connectivity index (χ3v) is 6.88. The van der Waals surface area contributed by atoms with E-state index < -0.39 is 16.1 Å². The molecule has 3 aromatic carbocycles. The van der Waals surface area contributed by atoms with E-state index in [1.165, 1.54) is 16.8 Å². The minimum absolute atomic E-state index is 0.00140. The van der Waals surface area contributed by atoms with Crippen LogP contribution in [0.4, 0.5) is 0 Å². The highest BCUT2D eigenvalue weighted by molar-refractivity contribution is 7.89. The highest BCUT2D eigenvalue weighted by atomic mass is 32.2. The van der Waals surface area contributed by atoms with Gasteiger partial charge in [0.2, 0.25) is 15.9 Å². The minimum Gasteiger partial charge on any atom is -0.486 e. The van der Waals surface area contributed by atoms with Gasteiger partial charge < -0.3 is 14.8 Å². The molecule has 0 fully saturated rings. The van der Waals surface area contributed by atoms with Crippen molar-refractivity contribution in [3.05, 3.63) is 90.6 Å². The Labute approximate surface area is 214 Å². The molecule has 0 saturated carbocycles. The van der Waals surface area contributed by atoms with Gasteiger partial charge in [-0.1, -0.05) is 59.8 Å². The summed E-state index contributed by atoms with van der Waals surface area (Å²) in [5.74, 6) is 1.08. The largest absolute Gasteiger partial charge is 0.486 e. The van der Waals surface area contributed by atoms with Crippen LogP contribution in [-0.2, 0) is 21.2 Å². The predicted molar refractivity (Wildman–Crippen MR) is 135 cm³/mol. The van der Waals surface area contributed by atoms with E-state index in [0.29, 0.717) is 35.8 Å². The number of nitrogens with zero attached hydrogens (tertiary/aromatic N) is 3. The van der Waals surface area contributed by atoms with Crippen molar-refractivity contribution in [2.24, 2.45) is 5.14 Å². The molecule has 0 radical (unpaired) electrons. The number of carbonyl (C=O) groups is 1. The van der Waals surface area contributed by atoms with Crippen LogP contribution < -0.4 is 19.9 Å². The first-order valence-corrected chi connectivity index (χ1v) is 13.2. The Kier molecular flexibility index (Phi) is 6.89. The first kappa shape index (κ1) is 24.5. The normalized spacial score (nSPS) is 15.6. The van der Waals surface area contributed by atoms with Crippen LogP contribution in [0.5, 0.6) is 11.5 Å². The molecule has 5 rings (SSSR count). The molecule has 1 aliphatic heterocycles. The number of carbonyl (C=O) groups excluding carboxylic acids is 1. The van der Waals surface area contributed by atoms with Crippen molar-refractivity contribution >= 4 is 15.9 Å². The number of nitrogens with one attached hydrogen (secondary N) is 1. The maximum atomic E-state index is 13.4. The van der Waals surface area contributed by atoms with Crippen molar-refractivity contribution < 1.29 is 22.7 Å². The summed E-state index contributed by atoms with van der Waals surface area (Å²) >= 11 is 0. The molecule has 10 nitrogen and oxygen atoms in total. The zero-order valence-corrected chi connectivity index (χ0v) is 20.5. The lowest BCUT2D eigenvalue weighted by molar-refractivity contribution is -0.125. The molecule has 0 bridgehead atoms. The van der Waals surface area contributed by atoms with Crippen molar-refractivity contribution in [1.29, 1.82) is 0 Å². The molecule has 4 aromatic rings. The Balaban J connectivity index is 1.33. The number of benzene rings is 3. The number of aromatic nitrogens is 3. The van der Waals surface area contributed by atoms with Crippen LogP contribution in [0.2, 0.25) is 0 Å². The number of hydrogen-bond acceptors (Lipinski definition) is 7. The standard InChI is InChI=1S/C26H25N5O5S/c27-37(33,34)21-12-10-19(11-13-21)22-16-31(30-29-22)23(14-18-6-2-1-3-7-18)26(32)28-15-20-17-35-24-8-4-5-9-25(24)36-20/h1-13,16,20,23H,14-15,17H2,(H,28,32)(H2,27,33,34)/t20?,23-/m0/s1. The Hall–Kier alpha value is -4.22. The van der Waals surface area contributed by atoms with Gasteiger partial charge in [0.25, 0.3) is 0 Å². The van der Waals surface area contributed by atoms with E-state index in [4.69, 9.17) is 14.6 Å². The molecule has 3 N–H and O–H groups in total. The number of rotatable bonds is 8. The summed E-state index contributed by atoms with van der Waals surface area (Å²) in [6.07, 6.45) is 1.72. The molecule has 1 aliphatic rings. The zero-order valence-electron chi connectivity index (χ0n) is 19.7. The van der Waals surface area contributed by atoms with Gasteiger partial charge >= 0.3 is 0 Å². The van der Waals surface area contributed by atoms with Crippen molar-refractivity contribution in [3.8, 4) is 22.8 Å². The summed E-state index contributed by atoms with van der Waals surface area (Å²) in [4.78, 5) is 13.4. The molecular weight excluding hydrogens is 494 g/mol. The lowest BCUT2D eigenvalue weighted by atomic mass is 10.1. The number of fused-ring (bicyclic) bond motifs is 1. The molecule has 190 valence electrons. The zero-order chi connectivity index (χ0) is 25.8. The fourth-order valence-electron chi connectivity index (χ4n) is 4.02. The maximum Gasteiger partial charge on any atom is 0.245 e. The Morgan fingerprint density at radius 1 is 1.03 bits per heavy atom. The SMILES string of the molecule is NS(=O)(=O)c1ccc(-c2cn([C@@H](Cc3ccccc3)C(=O)NCC3COc4ccccc4O3)nn2)cc1. The number of hydrogen-bond donors (Lipinski definition) is 2. The molecule has 1 unspecified atom stereocenters. The second kappa shape index (κ2) is 10.4. The van der Waals surface area contributed by atoms with E-state index in [1.54, 1.807) is 18.3 Å². The van der Waals surface area contributed by atoms with Crippen LogP contribution in [0.15, 0.2) is 90.0 Å². The van der Waals surface area contributed by atoms with E-state index in [9.17, 15) is 13.2 Å². The van der Waals surface area contributed by atoms with Crippen molar-refractivity contribution in [2.75, 3.05) is 13.2 Å². The van der Waals surface area contributed by atoms with Gasteiger partial charge in [0.1, 0.15) is 24.4 Å². The highest BCUT2D eigenvalue weighted by Crippen LogP contribution is 2.30. The van der Waals surface area contributed by atoms with Gasteiger partial charge in [0.15, 0.2) is 11.5 Å². The number of amides is 1. The number of para-hydroxylation sites is 2. The number of sulfonamides is 1. The third-order valence-electron chi connectivity index (χ3n) is 5.95. The topological polar surface area (TPSA) is 138 Å². The quantitative estimate of drug-likeness (QED) is 0.364. The van der Waals surface area contributed by atoms with Crippen LogP contribution in [0.3, 0.4) is 0 Å². The van der Waals surface area contributed by atoms with Crippen molar-refractivity contribution in [1.82, 2.24) is 20.3 Å². The number of primary sulfonamides is 1. The average molecular weight is 520 g/mol. The molecule has 2 atom stereocenters. The highest BCUT2D eigenvalue weighted by Gasteiger charge is 2.26. The van der Waals surface area contributed by atoms with Crippen LogP contribution in [0.25, 0.3) is 11.3 Å². The average Bonchev–Trinajstić information content (AvgIpc) is 3.40. The second-order valence-electron chi connectivity index (χ2n) is 8.60. The summed E-state index contributed by atoms with van der Waals surface area (Å²) in [5.41, 5.74) is 2.10. The van der Waals surface area contributed by atoms with Crippen molar-refractivity contribution in [3.63, 3.8) is 0 Å². The van der Waals surface area contributed by atoms with Crippen LogP contribution >= 0.6 is 0 Å². The van der Waals surface area contributed by atoms with E-state index in [-0.39, 0.29) is 23.5 Å². The van der Waals surface area contributed by atoms with E-state index >= 15 is 0 Å². The third kappa shape index (κ3) is 5.79. The molecule has 0 aliphatic carbocycles. The van der Waals surface area contributed by atoms with Gasteiger partial charge in [0, 0.05) is 12.0 Å². The summed E-state index contributed by atoms with van der Waals surface area (Å²) in [6.45, 7) is 0.581. The number of nitrogens with two attached hydrogens (primary N) is 1. The van der Waals surface area contributed by atoms with E-state index in [2.05, 4.69) is 15.6 Å². The summed E-state index contributed by atoms with van der Waals surface area (Å²) in [5, 5.41) is 16.6. The molecule has 0 spiro atoms. The first-order chi connectivity index (χ1) is 17.9. The number of ether oxygens (including phenoxy) is 2. The van der Waals surface area contributed by atoms with Gasteiger partial charge in [0.05, 0.1) is 17.6 Å². The summed E-state index contributed by atoms with van der Waals surface area (Å²) < 4.78 is 36.3. The Morgan fingerprint density at radius 3 is 2.46 bits per heavy atom. The maximum absolute atomic E-state index is 13.4. The van der Waals surface area contributed by atoms with E-state index in [1.807, 2.05) is 54.6 Å². The van der Waals surface area contributed by atoms with Crippen LogP contribution in [0, 0.1) is 0 Å². The van der Waals surface area contributed by atoms with Gasteiger partial charge in [-0.2, -0.15) is 0 Å². The Bertz CT molecular complexity index is 1490. The van der Waals surface area contributed by atoms with Crippen LogP contribution in [0.1, 0.15) is 11.6 Å². The molecule has 2 heterocycles. The smallest absolute Gasteiger partial charge is 0.245 e. The molecule has 1 aromatic heterocycles. The Morgan fingerprint density at radius 2 is 1.73 bits per heavy atom. The molecular formula is C26H25N5O5S. The van der Waals surface area contributed by atoms with Gasteiger partial charge in [-0.3, -0.25) is 4.79 Å². The molecule has 37 heavy (non-hydrogen) atoms. The van der Waals surface area contributed by atoms with Gasteiger partial charge in [-0.05, 0) is 29.8 Å².